The standard InChI is InChI=1S/C19H19N5OS2/c1-10-5-6-13(7-11(10)2)14-8-26-17-15(14)18(25)24(4)19(22-17)27-12(3)16-20-9-21-23-16/h5-9,12H,1-4H3,(H,20,21,23). The smallest absolute Gasteiger partial charge is 0.263 e. The number of hydrogen-bond acceptors (Lipinski definition) is 6. The van der Waals surface area contributed by atoms with Crippen molar-refractivity contribution in [1.82, 2.24) is 24.7 Å². The van der Waals surface area contributed by atoms with Crippen LogP contribution >= 0.6 is 23.1 Å². The maximum atomic E-state index is 13.1. The summed E-state index contributed by atoms with van der Waals surface area (Å²) in [5, 5.41) is 10.2. The molecule has 1 N–H and O–H groups in total. The molecule has 0 aliphatic carbocycles. The first kappa shape index (κ1) is 17.9. The molecular weight excluding hydrogens is 378 g/mol. The predicted molar refractivity (Wildman–Crippen MR) is 110 cm³/mol. The second-order valence-corrected chi connectivity index (χ2v) is 8.68. The number of thioether (sulfide) groups is 1. The highest BCUT2D eigenvalue weighted by Gasteiger charge is 2.19. The van der Waals surface area contributed by atoms with Gasteiger partial charge in [0.15, 0.2) is 5.16 Å². The first-order valence-corrected chi connectivity index (χ1v) is 10.3. The van der Waals surface area contributed by atoms with E-state index in [-0.39, 0.29) is 10.8 Å². The van der Waals surface area contributed by atoms with Crippen molar-refractivity contribution < 1.29 is 0 Å². The SMILES string of the molecule is Cc1ccc(-c2csc3nc(SC(C)c4ncn[nH]4)n(C)c(=O)c23)cc1C. The lowest BCUT2D eigenvalue weighted by Crippen LogP contribution is -2.20. The van der Waals surface area contributed by atoms with Gasteiger partial charge in [0.05, 0.1) is 10.6 Å². The van der Waals surface area contributed by atoms with Gasteiger partial charge in [-0.2, -0.15) is 5.10 Å². The molecule has 0 radical (unpaired) electrons. The van der Waals surface area contributed by atoms with Crippen LogP contribution in [0.5, 0.6) is 0 Å². The third-order valence-corrected chi connectivity index (χ3v) is 6.72. The van der Waals surface area contributed by atoms with Gasteiger partial charge in [-0.05, 0) is 37.5 Å². The minimum absolute atomic E-state index is 0.0160. The Kier molecular flexibility index (Phi) is 4.61. The summed E-state index contributed by atoms with van der Waals surface area (Å²) in [5.41, 5.74) is 4.43. The topological polar surface area (TPSA) is 76.5 Å². The molecule has 4 aromatic rings. The van der Waals surface area contributed by atoms with Crippen LogP contribution in [0.2, 0.25) is 0 Å². The van der Waals surface area contributed by atoms with E-state index in [1.165, 1.54) is 40.6 Å². The Bertz CT molecular complexity index is 1180. The highest BCUT2D eigenvalue weighted by molar-refractivity contribution is 7.99. The van der Waals surface area contributed by atoms with Crippen molar-refractivity contribution in [3.8, 4) is 11.1 Å². The number of nitrogens with one attached hydrogen (secondary N) is 1. The molecule has 0 bridgehead atoms. The number of aromatic nitrogens is 5. The molecule has 0 spiro atoms. The molecule has 0 aliphatic rings. The monoisotopic (exact) mass is 397 g/mol. The summed E-state index contributed by atoms with van der Waals surface area (Å²) in [4.78, 5) is 22.8. The maximum absolute atomic E-state index is 13.1. The van der Waals surface area contributed by atoms with E-state index in [0.717, 1.165) is 21.8 Å². The van der Waals surface area contributed by atoms with Crippen molar-refractivity contribution in [3.05, 3.63) is 57.2 Å². The highest BCUT2D eigenvalue weighted by atomic mass is 32.2. The number of rotatable bonds is 4. The van der Waals surface area contributed by atoms with E-state index in [1.807, 2.05) is 12.3 Å². The zero-order valence-corrected chi connectivity index (χ0v) is 17.1. The lowest BCUT2D eigenvalue weighted by atomic mass is 10.0. The van der Waals surface area contributed by atoms with Crippen LogP contribution < -0.4 is 5.56 Å². The van der Waals surface area contributed by atoms with Crippen LogP contribution in [-0.2, 0) is 7.05 Å². The number of aryl methyl sites for hydroxylation is 2. The van der Waals surface area contributed by atoms with E-state index >= 15 is 0 Å². The predicted octanol–water partition coefficient (Wildman–Crippen LogP) is 4.25. The van der Waals surface area contributed by atoms with Crippen LogP contribution in [-0.4, -0.2) is 24.7 Å². The fraction of sp³-hybridized carbons (Fsp3) is 0.263. The van der Waals surface area contributed by atoms with Gasteiger partial charge in [-0.3, -0.25) is 14.5 Å². The normalized spacial score (nSPS) is 12.6. The van der Waals surface area contributed by atoms with Gasteiger partial charge in [-0.1, -0.05) is 30.0 Å². The molecule has 1 atom stereocenters. The minimum Gasteiger partial charge on any atom is -0.290 e. The maximum Gasteiger partial charge on any atom is 0.263 e. The molecule has 0 amide bonds. The van der Waals surface area contributed by atoms with Gasteiger partial charge in [0.2, 0.25) is 0 Å². The zero-order chi connectivity index (χ0) is 19.1. The lowest BCUT2D eigenvalue weighted by molar-refractivity contribution is 0.724. The number of thiophene rings is 1. The fourth-order valence-electron chi connectivity index (χ4n) is 2.90. The Hall–Kier alpha value is -2.45. The second-order valence-electron chi connectivity index (χ2n) is 6.52. The summed E-state index contributed by atoms with van der Waals surface area (Å²) >= 11 is 3.00. The Morgan fingerprint density at radius 3 is 2.78 bits per heavy atom. The molecule has 27 heavy (non-hydrogen) atoms. The zero-order valence-electron chi connectivity index (χ0n) is 15.5. The summed E-state index contributed by atoms with van der Waals surface area (Å²) in [7, 11) is 1.77. The van der Waals surface area contributed by atoms with Crippen LogP contribution in [0.1, 0.15) is 29.1 Å². The van der Waals surface area contributed by atoms with Crippen LogP contribution in [0.25, 0.3) is 21.3 Å². The van der Waals surface area contributed by atoms with E-state index in [1.54, 1.807) is 11.6 Å². The van der Waals surface area contributed by atoms with Crippen LogP contribution in [0, 0.1) is 13.8 Å². The van der Waals surface area contributed by atoms with E-state index in [9.17, 15) is 4.79 Å². The van der Waals surface area contributed by atoms with E-state index in [0.29, 0.717) is 10.5 Å². The minimum atomic E-state index is -0.0262. The van der Waals surface area contributed by atoms with E-state index in [2.05, 4.69) is 47.2 Å². The number of benzene rings is 1. The summed E-state index contributed by atoms with van der Waals surface area (Å²) < 4.78 is 1.62. The summed E-state index contributed by atoms with van der Waals surface area (Å²) in [6.45, 7) is 6.18. The quantitative estimate of drug-likeness (QED) is 0.411. The number of hydrogen-bond donors (Lipinski definition) is 1. The number of nitrogens with zero attached hydrogens (tertiary/aromatic N) is 4. The molecule has 3 heterocycles. The summed E-state index contributed by atoms with van der Waals surface area (Å²) in [6, 6.07) is 6.29. The first-order chi connectivity index (χ1) is 13.0. The molecule has 4 rings (SSSR count). The number of fused-ring (bicyclic) bond motifs is 1. The van der Waals surface area contributed by atoms with Crippen molar-refractivity contribution in [1.29, 1.82) is 0 Å². The third kappa shape index (κ3) is 3.19. The highest BCUT2D eigenvalue weighted by Crippen LogP contribution is 2.35. The van der Waals surface area contributed by atoms with Crippen LogP contribution in [0.3, 0.4) is 0 Å². The summed E-state index contributed by atoms with van der Waals surface area (Å²) in [6.07, 6.45) is 1.48. The van der Waals surface area contributed by atoms with E-state index in [4.69, 9.17) is 4.98 Å². The molecule has 6 nitrogen and oxygen atoms in total. The molecule has 138 valence electrons. The van der Waals surface area contributed by atoms with Gasteiger partial charge < -0.3 is 0 Å². The first-order valence-electron chi connectivity index (χ1n) is 8.53. The van der Waals surface area contributed by atoms with E-state index < -0.39 is 0 Å². The van der Waals surface area contributed by atoms with Crippen molar-refractivity contribution in [3.63, 3.8) is 0 Å². The molecule has 0 fully saturated rings. The van der Waals surface area contributed by atoms with Gasteiger partial charge in [0.25, 0.3) is 5.56 Å². The number of aromatic amines is 1. The molecule has 0 saturated carbocycles. The largest absolute Gasteiger partial charge is 0.290 e. The van der Waals surface area contributed by atoms with Gasteiger partial charge in [0, 0.05) is 18.0 Å². The molecule has 8 heteroatoms. The molecule has 0 saturated heterocycles. The van der Waals surface area contributed by atoms with Crippen molar-refractivity contribution in [2.45, 2.75) is 31.2 Å². The lowest BCUT2D eigenvalue weighted by Gasteiger charge is -2.11. The Labute approximate surface area is 164 Å². The average Bonchev–Trinajstić information content (AvgIpc) is 3.31. The summed E-state index contributed by atoms with van der Waals surface area (Å²) in [5.74, 6) is 0.761. The van der Waals surface area contributed by atoms with Gasteiger partial charge >= 0.3 is 0 Å². The molecule has 1 unspecified atom stereocenters. The Morgan fingerprint density at radius 1 is 1.26 bits per heavy atom. The molecule has 0 aliphatic heterocycles. The molecule has 3 aromatic heterocycles. The Morgan fingerprint density at radius 2 is 2.07 bits per heavy atom. The van der Waals surface area contributed by atoms with Crippen LogP contribution in [0.4, 0.5) is 0 Å². The molecule has 1 aromatic carbocycles. The molecular formula is C19H19N5OS2. The Balaban J connectivity index is 1.79. The van der Waals surface area contributed by atoms with Crippen molar-refractivity contribution >= 4 is 33.3 Å². The fourth-order valence-corrected chi connectivity index (χ4v) is 4.83. The van der Waals surface area contributed by atoms with Crippen LogP contribution in [0.15, 0.2) is 39.9 Å². The van der Waals surface area contributed by atoms with Gasteiger partial charge in [-0.25, -0.2) is 9.97 Å². The third-order valence-electron chi connectivity index (χ3n) is 4.69. The van der Waals surface area contributed by atoms with Gasteiger partial charge in [0.1, 0.15) is 17.0 Å². The second kappa shape index (κ2) is 6.94. The average molecular weight is 398 g/mol. The van der Waals surface area contributed by atoms with Gasteiger partial charge in [-0.15, -0.1) is 11.3 Å². The van der Waals surface area contributed by atoms with Crippen molar-refractivity contribution in [2.24, 2.45) is 7.05 Å². The van der Waals surface area contributed by atoms with Crippen molar-refractivity contribution in [2.75, 3.05) is 0 Å². The number of H-pyrrole nitrogens is 1.